The first kappa shape index (κ1) is 13.4. The molecule has 3 nitrogen and oxygen atoms in total. The summed E-state index contributed by atoms with van der Waals surface area (Å²) in [5, 5.41) is 0. The molecule has 0 radical (unpaired) electrons. The van der Waals surface area contributed by atoms with Gasteiger partial charge in [-0.1, -0.05) is 0 Å². The molecule has 0 N–H and O–H groups in total. The van der Waals surface area contributed by atoms with Crippen molar-refractivity contribution in [1.29, 1.82) is 0 Å². The van der Waals surface area contributed by atoms with Crippen molar-refractivity contribution >= 4 is 34.2 Å². The van der Waals surface area contributed by atoms with Crippen molar-refractivity contribution in [3.05, 3.63) is 21.8 Å². The zero-order valence-corrected chi connectivity index (χ0v) is 11.4. The third-order valence-corrected chi connectivity index (χ3v) is 3.14. The van der Waals surface area contributed by atoms with Crippen LogP contribution in [0.15, 0.2) is 18.2 Å². The molecular formula is C11H9F3INO2. The third kappa shape index (κ3) is 2.70. The van der Waals surface area contributed by atoms with E-state index in [1.165, 1.54) is 13.0 Å². The van der Waals surface area contributed by atoms with E-state index in [4.69, 9.17) is 4.74 Å². The van der Waals surface area contributed by atoms with E-state index in [2.05, 4.69) is 0 Å². The normalized spacial score (nSPS) is 19.5. The molecule has 1 aromatic carbocycles. The number of amides is 1. The van der Waals surface area contributed by atoms with Crippen LogP contribution in [0.2, 0.25) is 0 Å². The van der Waals surface area contributed by atoms with Gasteiger partial charge in [-0.3, -0.25) is 9.69 Å². The van der Waals surface area contributed by atoms with Crippen LogP contribution < -0.4 is 9.64 Å². The van der Waals surface area contributed by atoms with E-state index in [1.54, 1.807) is 12.1 Å². The van der Waals surface area contributed by atoms with Gasteiger partial charge in [-0.05, 0) is 47.7 Å². The molecule has 98 valence electrons. The molecule has 1 amide bonds. The molecule has 1 atom stereocenters. The molecule has 2 rings (SSSR count). The van der Waals surface area contributed by atoms with Gasteiger partial charge in [0.15, 0.2) is 6.10 Å². The Morgan fingerprint density at radius 3 is 2.72 bits per heavy atom. The van der Waals surface area contributed by atoms with E-state index in [9.17, 15) is 18.0 Å². The number of benzene rings is 1. The second-order valence-electron chi connectivity index (χ2n) is 3.91. The van der Waals surface area contributed by atoms with Gasteiger partial charge in [0.25, 0.3) is 5.91 Å². The Balaban J connectivity index is 2.42. The molecule has 1 aliphatic heterocycles. The predicted octanol–water partition coefficient (Wildman–Crippen LogP) is 2.97. The van der Waals surface area contributed by atoms with Crippen LogP contribution in [-0.4, -0.2) is 24.7 Å². The summed E-state index contributed by atoms with van der Waals surface area (Å²) < 4.78 is 43.6. The Hall–Kier alpha value is -0.990. The maximum Gasteiger partial charge on any atom is 0.406 e. The van der Waals surface area contributed by atoms with Gasteiger partial charge in [0, 0.05) is 3.57 Å². The molecule has 1 heterocycles. The number of hydrogen-bond acceptors (Lipinski definition) is 2. The Morgan fingerprint density at radius 1 is 1.44 bits per heavy atom. The maximum atomic E-state index is 12.5. The minimum atomic E-state index is -4.44. The monoisotopic (exact) mass is 371 g/mol. The first-order valence-electron chi connectivity index (χ1n) is 5.12. The molecule has 0 spiro atoms. The van der Waals surface area contributed by atoms with Gasteiger partial charge in [-0.2, -0.15) is 13.2 Å². The zero-order chi connectivity index (χ0) is 13.5. The lowest BCUT2D eigenvalue weighted by molar-refractivity contribution is -0.137. The predicted molar refractivity (Wildman–Crippen MR) is 67.7 cm³/mol. The number of alkyl halides is 3. The lowest BCUT2D eigenvalue weighted by Crippen LogP contribution is -2.48. The van der Waals surface area contributed by atoms with Crippen molar-refractivity contribution in [2.45, 2.75) is 19.2 Å². The highest BCUT2D eigenvalue weighted by molar-refractivity contribution is 14.1. The molecule has 0 bridgehead atoms. The van der Waals surface area contributed by atoms with Crippen molar-refractivity contribution in [3.63, 3.8) is 0 Å². The first-order chi connectivity index (χ1) is 8.28. The SMILES string of the molecule is CC1Oc2cc(I)ccc2N(CC(F)(F)F)C1=O. The van der Waals surface area contributed by atoms with Crippen molar-refractivity contribution < 1.29 is 22.7 Å². The van der Waals surface area contributed by atoms with Gasteiger partial charge in [0.2, 0.25) is 0 Å². The molecule has 1 aromatic rings. The topological polar surface area (TPSA) is 29.5 Å². The van der Waals surface area contributed by atoms with Crippen LogP contribution in [0.3, 0.4) is 0 Å². The lowest BCUT2D eigenvalue weighted by atomic mass is 10.2. The van der Waals surface area contributed by atoms with Crippen LogP contribution in [0.25, 0.3) is 0 Å². The van der Waals surface area contributed by atoms with Crippen LogP contribution in [0.1, 0.15) is 6.92 Å². The number of nitrogens with zero attached hydrogens (tertiary/aromatic N) is 1. The number of carbonyl (C=O) groups is 1. The van der Waals surface area contributed by atoms with Gasteiger partial charge in [0.05, 0.1) is 5.69 Å². The molecular weight excluding hydrogens is 362 g/mol. The Morgan fingerprint density at radius 2 is 2.11 bits per heavy atom. The molecule has 0 saturated heterocycles. The Bertz CT molecular complexity index is 490. The maximum absolute atomic E-state index is 12.5. The highest BCUT2D eigenvalue weighted by Crippen LogP contribution is 2.36. The number of hydrogen-bond donors (Lipinski definition) is 0. The number of halogens is 4. The number of anilines is 1. The highest BCUT2D eigenvalue weighted by Gasteiger charge is 2.39. The zero-order valence-electron chi connectivity index (χ0n) is 9.29. The summed E-state index contributed by atoms with van der Waals surface area (Å²) in [6.07, 6.45) is -5.34. The quantitative estimate of drug-likeness (QED) is 0.711. The summed E-state index contributed by atoms with van der Waals surface area (Å²) in [4.78, 5) is 12.5. The van der Waals surface area contributed by atoms with E-state index < -0.39 is 24.7 Å². The molecule has 1 aliphatic rings. The van der Waals surface area contributed by atoms with E-state index in [-0.39, 0.29) is 5.69 Å². The molecule has 7 heteroatoms. The van der Waals surface area contributed by atoms with Gasteiger partial charge in [-0.15, -0.1) is 0 Å². The first-order valence-corrected chi connectivity index (χ1v) is 6.20. The van der Waals surface area contributed by atoms with Gasteiger partial charge >= 0.3 is 6.18 Å². The van der Waals surface area contributed by atoms with Gasteiger partial charge in [0.1, 0.15) is 12.3 Å². The third-order valence-electron chi connectivity index (χ3n) is 2.47. The van der Waals surface area contributed by atoms with Crippen molar-refractivity contribution in [1.82, 2.24) is 0 Å². The molecule has 1 unspecified atom stereocenters. The van der Waals surface area contributed by atoms with E-state index in [1.807, 2.05) is 22.6 Å². The summed E-state index contributed by atoms with van der Waals surface area (Å²) in [5.74, 6) is -0.376. The molecule has 0 aromatic heterocycles. The number of rotatable bonds is 1. The van der Waals surface area contributed by atoms with Crippen molar-refractivity contribution in [3.8, 4) is 5.75 Å². The average Bonchev–Trinajstić information content (AvgIpc) is 2.23. The van der Waals surface area contributed by atoms with Crippen LogP contribution in [0.4, 0.5) is 18.9 Å². The second kappa shape index (κ2) is 4.60. The lowest BCUT2D eigenvalue weighted by Gasteiger charge is -2.33. The second-order valence-corrected chi connectivity index (χ2v) is 5.16. The molecule has 0 aliphatic carbocycles. The van der Waals surface area contributed by atoms with Crippen LogP contribution in [0.5, 0.6) is 5.75 Å². The fourth-order valence-corrected chi connectivity index (χ4v) is 2.19. The summed E-state index contributed by atoms with van der Waals surface area (Å²) in [7, 11) is 0. The minimum Gasteiger partial charge on any atom is -0.479 e. The summed E-state index contributed by atoms with van der Waals surface area (Å²) >= 11 is 2.03. The number of fused-ring (bicyclic) bond motifs is 1. The highest BCUT2D eigenvalue weighted by atomic mass is 127. The minimum absolute atomic E-state index is 0.163. The fourth-order valence-electron chi connectivity index (χ4n) is 1.73. The van der Waals surface area contributed by atoms with Gasteiger partial charge < -0.3 is 4.74 Å². The van der Waals surface area contributed by atoms with E-state index in [0.29, 0.717) is 5.75 Å². The molecule has 18 heavy (non-hydrogen) atoms. The van der Waals surface area contributed by atoms with Crippen molar-refractivity contribution in [2.75, 3.05) is 11.4 Å². The van der Waals surface area contributed by atoms with Gasteiger partial charge in [-0.25, -0.2) is 0 Å². The largest absolute Gasteiger partial charge is 0.479 e. The van der Waals surface area contributed by atoms with Crippen LogP contribution in [0, 0.1) is 3.57 Å². The summed E-state index contributed by atoms with van der Waals surface area (Å²) in [6.45, 7) is 0.141. The smallest absolute Gasteiger partial charge is 0.406 e. The average molecular weight is 371 g/mol. The standard InChI is InChI=1S/C11H9F3INO2/c1-6-10(17)16(5-11(12,13)14)8-3-2-7(15)4-9(8)18-6/h2-4,6H,5H2,1H3. The number of ether oxygens (including phenoxy) is 1. The van der Waals surface area contributed by atoms with E-state index in [0.717, 1.165) is 8.47 Å². The fraction of sp³-hybridized carbons (Fsp3) is 0.364. The molecule has 0 saturated carbocycles. The molecule has 0 fully saturated rings. The summed E-state index contributed by atoms with van der Waals surface area (Å²) in [5.41, 5.74) is 0.163. The van der Waals surface area contributed by atoms with Crippen LogP contribution in [-0.2, 0) is 4.79 Å². The Labute approximate surface area is 115 Å². The Kier molecular flexibility index (Phi) is 3.43. The van der Waals surface area contributed by atoms with E-state index >= 15 is 0 Å². The summed E-state index contributed by atoms with van der Waals surface area (Å²) in [6, 6.07) is 4.71. The number of carbonyl (C=O) groups excluding carboxylic acids is 1. The van der Waals surface area contributed by atoms with Crippen LogP contribution >= 0.6 is 22.6 Å². The van der Waals surface area contributed by atoms with Crippen molar-refractivity contribution in [2.24, 2.45) is 0 Å².